The standard InChI is InChI=1S/C19H32FN3/c1-5-18(4,23(6-2)15-9-7-8-10-15)12-11-16-17-19(16,20)13-21-14(3)22-17/h13,15-17H,5-12H2,1-4H3/t16?,17?,18?,19-/m1/s1. The molecule has 3 nitrogen and oxygen atoms in total. The summed E-state index contributed by atoms with van der Waals surface area (Å²) >= 11 is 0. The molecule has 2 saturated carbocycles. The first-order valence-electron chi connectivity index (χ1n) is 9.50. The van der Waals surface area contributed by atoms with E-state index < -0.39 is 5.67 Å². The van der Waals surface area contributed by atoms with Crippen LogP contribution in [0.15, 0.2) is 9.98 Å². The van der Waals surface area contributed by atoms with Crippen LogP contribution in [-0.2, 0) is 0 Å². The van der Waals surface area contributed by atoms with Crippen molar-refractivity contribution < 1.29 is 4.39 Å². The largest absolute Gasteiger partial charge is 0.295 e. The fraction of sp³-hybridized carbons (Fsp3) is 0.895. The average molecular weight is 321 g/mol. The predicted octanol–water partition coefficient (Wildman–Crippen LogP) is 4.41. The number of amidine groups is 1. The van der Waals surface area contributed by atoms with E-state index in [0.717, 1.165) is 37.7 Å². The van der Waals surface area contributed by atoms with Crippen LogP contribution in [0, 0.1) is 5.92 Å². The van der Waals surface area contributed by atoms with Crippen LogP contribution >= 0.6 is 0 Å². The molecular weight excluding hydrogens is 289 g/mol. The number of alkyl halides is 1. The highest BCUT2D eigenvalue weighted by molar-refractivity contribution is 5.95. The zero-order chi connectivity index (χ0) is 16.7. The zero-order valence-electron chi connectivity index (χ0n) is 15.2. The Morgan fingerprint density at radius 1 is 1.35 bits per heavy atom. The second kappa shape index (κ2) is 6.27. The Hall–Kier alpha value is -0.770. The van der Waals surface area contributed by atoms with E-state index in [-0.39, 0.29) is 17.5 Å². The Labute approximate surface area is 140 Å². The maximum absolute atomic E-state index is 14.8. The number of hydrogen-bond donors (Lipinski definition) is 0. The second-order valence-electron chi connectivity index (χ2n) is 7.93. The van der Waals surface area contributed by atoms with Crippen LogP contribution in [0.1, 0.15) is 72.6 Å². The van der Waals surface area contributed by atoms with Crippen molar-refractivity contribution in [2.75, 3.05) is 6.54 Å². The molecule has 1 heterocycles. The lowest BCUT2D eigenvalue weighted by Gasteiger charge is -2.44. The molecule has 2 fully saturated rings. The molecular formula is C19H32FN3. The molecule has 4 heteroatoms. The van der Waals surface area contributed by atoms with Gasteiger partial charge in [0, 0.05) is 23.7 Å². The molecule has 0 N–H and O–H groups in total. The lowest BCUT2D eigenvalue weighted by atomic mass is 9.87. The predicted molar refractivity (Wildman–Crippen MR) is 95.3 cm³/mol. The summed E-state index contributed by atoms with van der Waals surface area (Å²) < 4.78 is 14.8. The Morgan fingerprint density at radius 3 is 2.61 bits per heavy atom. The Balaban J connectivity index is 1.64. The SMILES string of the molecule is CCN(C1CCCC1)C(C)(CC)CCC1C2N=C(C)N=C[C@@]12F. The van der Waals surface area contributed by atoms with Gasteiger partial charge < -0.3 is 0 Å². The van der Waals surface area contributed by atoms with Crippen LogP contribution in [0.5, 0.6) is 0 Å². The van der Waals surface area contributed by atoms with Crippen LogP contribution in [0.25, 0.3) is 0 Å². The summed E-state index contributed by atoms with van der Waals surface area (Å²) in [4.78, 5) is 11.2. The van der Waals surface area contributed by atoms with Crippen molar-refractivity contribution in [1.82, 2.24) is 4.90 Å². The number of hydrogen-bond acceptors (Lipinski definition) is 3. The Morgan fingerprint density at radius 2 is 2.04 bits per heavy atom. The van der Waals surface area contributed by atoms with Crippen molar-refractivity contribution in [2.45, 2.75) is 95.9 Å². The van der Waals surface area contributed by atoms with Gasteiger partial charge in [0.2, 0.25) is 0 Å². The molecule has 0 spiro atoms. The highest BCUT2D eigenvalue weighted by Crippen LogP contribution is 2.53. The monoisotopic (exact) mass is 321 g/mol. The van der Waals surface area contributed by atoms with E-state index in [9.17, 15) is 4.39 Å². The molecule has 0 aromatic carbocycles. The number of halogens is 1. The lowest BCUT2D eigenvalue weighted by molar-refractivity contribution is 0.0484. The van der Waals surface area contributed by atoms with E-state index in [1.165, 1.54) is 31.9 Å². The fourth-order valence-electron chi connectivity index (χ4n) is 4.88. The molecule has 0 aromatic heterocycles. The molecule has 0 radical (unpaired) electrons. The van der Waals surface area contributed by atoms with Gasteiger partial charge in [-0.2, -0.15) is 0 Å². The van der Waals surface area contributed by atoms with Gasteiger partial charge in [-0.15, -0.1) is 0 Å². The van der Waals surface area contributed by atoms with Crippen molar-refractivity contribution in [3.8, 4) is 0 Å². The third kappa shape index (κ3) is 2.99. The van der Waals surface area contributed by atoms with Crippen molar-refractivity contribution in [3.63, 3.8) is 0 Å². The molecule has 4 atom stereocenters. The smallest absolute Gasteiger partial charge is 0.173 e. The third-order valence-electron chi connectivity index (χ3n) is 6.62. The molecule has 0 bridgehead atoms. The van der Waals surface area contributed by atoms with Gasteiger partial charge in [0.1, 0.15) is 5.84 Å². The number of nitrogens with zero attached hydrogens (tertiary/aromatic N) is 3. The number of rotatable bonds is 7. The molecule has 1 aliphatic heterocycles. The highest BCUT2D eigenvalue weighted by atomic mass is 19.1. The maximum atomic E-state index is 14.8. The highest BCUT2D eigenvalue weighted by Gasteiger charge is 2.66. The quantitative estimate of drug-likeness (QED) is 0.682. The van der Waals surface area contributed by atoms with Gasteiger partial charge >= 0.3 is 0 Å². The molecule has 3 unspecified atom stereocenters. The summed E-state index contributed by atoms with van der Waals surface area (Å²) in [5.41, 5.74) is -1.07. The minimum Gasteiger partial charge on any atom is -0.295 e. The topological polar surface area (TPSA) is 28.0 Å². The van der Waals surface area contributed by atoms with Crippen molar-refractivity contribution >= 4 is 12.1 Å². The van der Waals surface area contributed by atoms with Gasteiger partial charge in [0.05, 0.1) is 6.04 Å². The Bertz CT molecular complexity index is 497. The van der Waals surface area contributed by atoms with Crippen LogP contribution in [-0.4, -0.2) is 46.8 Å². The van der Waals surface area contributed by atoms with Gasteiger partial charge in [-0.3, -0.25) is 9.89 Å². The van der Waals surface area contributed by atoms with Gasteiger partial charge in [0.25, 0.3) is 0 Å². The summed E-state index contributed by atoms with van der Waals surface area (Å²) in [5, 5.41) is 0. The summed E-state index contributed by atoms with van der Waals surface area (Å²) in [5.74, 6) is 0.766. The van der Waals surface area contributed by atoms with Gasteiger partial charge in [0.15, 0.2) is 5.67 Å². The van der Waals surface area contributed by atoms with E-state index in [4.69, 9.17) is 0 Å². The maximum Gasteiger partial charge on any atom is 0.173 e. The third-order valence-corrected chi connectivity index (χ3v) is 6.62. The van der Waals surface area contributed by atoms with Crippen LogP contribution < -0.4 is 0 Å². The first-order chi connectivity index (χ1) is 10.9. The molecule has 130 valence electrons. The first-order valence-corrected chi connectivity index (χ1v) is 9.50. The zero-order valence-corrected chi connectivity index (χ0v) is 15.2. The number of fused-ring (bicyclic) bond motifs is 1. The summed E-state index contributed by atoms with van der Waals surface area (Å²) in [6.07, 6.45) is 10.0. The molecule has 3 aliphatic rings. The molecule has 0 saturated heterocycles. The van der Waals surface area contributed by atoms with Gasteiger partial charge in [-0.05, 0) is 52.5 Å². The van der Waals surface area contributed by atoms with Gasteiger partial charge in [-0.25, -0.2) is 9.38 Å². The van der Waals surface area contributed by atoms with E-state index in [1.54, 1.807) is 0 Å². The summed E-state index contributed by atoms with van der Waals surface area (Å²) in [6.45, 7) is 9.91. The van der Waals surface area contributed by atoms with Crippen LogP contribution in [0.4, 0.5) is 4.39 Å². The minimum atomic E-state index is -1.25. The van der Waals surface area contributed by atoms with E-state index in [2.05, 4.69) is 35.7 Å². The summed E-state index contributed by atoms with van der Waals surface area (Å²) in [6, 6.07) is 0.565. The lowest BCUT2D eigenvalue weighted by Crippen LogP contribution is -2.50. The van der Waals surface area contributed by atoms with Crippen LogP contribution in [0.2, 0.25) is 0 Å². The fourth-order valence-corrected chi connectivity index (χ4v) is 4.88. The van der Waals surface area contributed by atoms with E-state index in [1.807, 2.05) is 6.92 Å². The first kappa shape index (κ1) is 17.1. The van der Waals surface area contributed by atoms with Crippen LogP contribution in [0.3, 0.4) is 0 Å². The number of aliphatic imine (C=N–C) groups is 2. The molecule has 3 rings (SSSR count). The van der Waals surface area contributed by atoms with Crippen molar-refractivity contribution in [2.24, 2.45) is 15.9 Å². The van der Waals surface area contributed by atoms with Crippen molar-refractivity contribution in [1.29, 1.82) is 0 Å². The Kier molecular flexibility index (Phi) is 4.65. The van der Waals surface area contributed by atoms with Gasteiger partial charge in [-0.1, -0.05) is 26.7 Å². The van der Waals surface area contributed by atoms with E-state index in [0.29, 0.717) is 0 Å². The molecule has 0 amide bonds. The second-order valence-corrected chi connectivity index (χ2v) is 7.93. The van der Waals surface area contributed by atoms with E-state index >= 15 is 0 Å². The average Bonchev–Trinajstić information content (AvgIpc) is 2.90. The summed E-state index contributed by atoms with van der Waals surface area (Å²) in [7, 11) is 0. The minimum absolute atomic E-state index is 0.0388. The normalized spacial score (nSPS) is 36.0. The molecule has 23 heavy (non-hydrogen) atoms. The molecule has 2 aliphatic carbocycles. The molecule has 0 aromatic rings. The van der Waals surface area contributed by atoms with Crippen molar-refractivity contribution in [3.05, 3.63) is 0 Å².